The van der Waals surface area contributed by atoms with E-state index in [4.69, 9.17) is 9.47 Å². The van der Waals surface area contributed by atoms with Crippen molar-refractivity contribution in [1.82, 2.24) is 5.32 Å². The summed E-state index contributed by atoms with van der Waals surface area (Å²) in [5.74, 6) is 0.699. The second-order valence-corrected chi connectivity index (χ2v) is 7.87. The van der Waals surface area contributed by atoms with Crippen LogP contribution >= 0.6 is 15.9 Å². The largest absolute Gasteiger partial charge is 0.492 e. The Bertz CT molecular complexity index is 835. The molecule has 142 valence electrons. The van der Waals surface area contributed by atoms with Crippen molar-refractivity contribution in [1.29, 1.82) is 0 Å². The highest BCUT2D eigenvalue weighted by molar-refractivity contribution is 9.09. The lowest BCUT2D eigenvalue weighted by atomic mass is 9.97. The summed E-state index contributed by atoms with van der Waals surface area (Å²) >= 11 is 3.62. The van der Waals surface area contributed by atoms with Crippen molar-refractivity contribution in [2.45, 2.75) is 17.4 Å². The summed E-state index contributed by atoms with van der Waals surface area (Å²) in [5, 5.41) is 2.83. The van der Waals surface area contributed by atoms with Crippen LogP contribution in [0.4, 0.5) is 0 Å². The van der Waals surface area contributed by atoms with Gasteiger partial charge in [-0.05, 0) is 37.3 Å². The van der Waals surface area contributed by atoms with Gasteiger partial charge in [0.1, 0.15) is 18.1 Å². The van der Waals surface area contributed by atoms with E-state index in [1.165, 1.54) is 7.11 Å². The Morgan fingerprint density at radius 1 is 1.19 bits per heavy atom. The molecule has 3 rings (SSSR count). The lowest BCUT2D eigenvalue weighted by Crippen LogP contribution is -2.45. The Hall–Kier alpha value is -2.54. The van der Waals surface area contributed by atoms with Crippen LogP contribution in [0.3, 0.4) is 0 Å². The van der Waals surface area contributed by atoms with Gasteiger partial charge in [-0.2, -0.15) is 0 Å². The predicted molar refractivity (Wildman–Crippen MR) is 103 cm³/mol. The number of hydrogen-bond acceptors (Lipinski definition) is 5. The summed E-state index contributed by atoms with van der Waals surface area (Å²) in [6.07, 6.45) is -0.658. The molecule has 0 saturated carbocycles. The smallest absolute Gasteiger partial charge is 0.337 e. The van der Waals surface area contributed by atoms with Gasteiger partial charge in [-0.25, -0.2) is 4.79 Å². The first-order valence-electron chi connectivity index (χ1n) is 8.47. The molecule has 1 N–H and O–H groups in total. The van der Waals surface area contributed by atoms with E-state index >= 15 is 0 Å². The topological polar surface area (TPSA) is 73.9 Å². The number of carbonyl (C=O) groups excluding carboxylic acids is 2. The molecule has 6 nitrogen and oxygen atoms in total. The fourth-order valence-corrected chi connectivity index (χ4v) is 3.52. The summed E-state index contributed by atoms with van der Waals surface area (Å²) < 4.78 is 15.4. The molecule has 1 aliphatic heterocycles. The minimum absolute atomic E-state index is 0.213. The standard InChI is InChI=1S/C20H20BrNO5/c1-20(21)15-5-3-4-6-16(15)27-17(20)18(23)22-11-12-26-14-9-7-13(8-10-14)19(24)25-2/h3-10,17H,11-12H2,1-2H3,(H,22,23). The maximum atomic E-state index is 12.5. The first-order valence-corrected chi connectivity index (χ1v) is 9.26. The molecule has 0 bridgehead atoms. The highest BCUT2D eigenvalue weighted by Crippen LogP contribution is 2.47. The number of esters is 1. The van der Waals surface area contributed by atoms with Gasteiger partial charge in [0.25, 0.3) is 5.91 Å². The van der Waals surface area contributed by atoms with Gasteiger partial charge in [0.05, 0.1) is 23.5 Å². The Morgan fingerprint density at radius 2 is 1.89 bits per heavy atom. The third-order valence-electron chi connectivity index (χ3n) is 4.33. The van der Waals surface area contributed by atoms with Crippen LogP contribution in [0.15, 0.2) is 48.5 Å². The average Bonchev–Trinajstić information content (AvgIpc) is 2.96. The SMILES string of the molecule is COC(=O)c1ccc(OCCNC(=O)C2Oc3ccccc3C2(C)Br)cc1. The molecule has 1 aliphatic rings. The van der Waals surface area contributed by atoms with Crippen molar-refractivity contribution in [2.75, 3.05) is 20.3 Å². The second kappa shape index (κ2) is 8.00. The number of methoxy groups -OCH3 is 1. The van der Waals surface area contributed by atoms with Crippen molar-refractivity contribution >= 4 is 27.8 Å². The minimum atomic E-state index is -0.658. The number of benzene rings is 2. The van der Waals surface area contributed by atoms with Crippen molar-refractivity contribution in [2.24, 2.45) is 0 Å². The summed E-state index contributed by atoms with van der Waals surface area (Å²) in [6, 6.07) is 14.2. The number of alkyl halides is 1. The van der Waals surface area contributed by atoms with Crippen LogP contribution in [0.25, 0.3) is 0 Å². The third kappa shape index (κ3) is 4.08. The monoisotopic (exact) mass is 433 g/mol. The maximum Gasteiger partial charge on any atom is 0.337 e. The number of ether oxygens (including phenoxy) is 3. The van der Waals surface area contributed by atoms with Crippen LogP contribution in [-0.4, -0.2) is 38.2 Å². The number of carbonyl (C=O) groups is 2. The molecular weight excluding hydrogens is 414 g/mol. The van der Waals surface area contributed by atoms with E-state index in [0.29, 0.717) is 30.2 Å². The number of para-hydroxylation sites is 1. The normalized spacial score (nSPS) is 20.3. The number of halogens is 1. The van der Waals surface area contributed by atoms with Gasteiger partial charge in [0.15, 0.2) is 6.10 Å². The van der Waals surface area contributed by atoms with E-state index in [2.05, 4.69) is 26.0 Å². The molecule has 0 fully saturated rings. The van der Waals surface area contributed by atoms with E-state index in [1.54, 1.807) is 24.3 Å². The molecule has 2 aromatic rings. The second-order valence-electron chi connectivity index (χ2n) is 6.23. The lowest BCUT2D eigenvalue weighted by molar-refractivity contribution is -0.128. The zero-order valence-corrected chi connectivity index (χ0v) is 16.6. The molecule has 0 saturated heterocycles. The average molecular weight is 434 g/mol. The summed E-state index contributed by atoms with van der Waals surface area (Å²) in [5.41, 5.74) is 1.40. The van der Waals surface area contributed by atoms with E-state index < -0.39 is 16.4 Å². The summed E-state index contributed by atoms with van der Waals surface area (Å²) in [7, 11) is 1.33. The number of nitrogens with one attached hydrogen (secondary N) is 1. The lowest BCUT2D eigenvalue weighted by Gasteiger charge is -2.23. The van der Waals surface area contributed by atoms with E-state index in [1.807, 2.05) is 31.2 Å². The van der Waals surface area contributed by atoms with Crippen molar-refractivity contribution in [3.63, 3.8) is 0 Å². The molecule has 0 radical (unpaired) electrons. The summed E-state index contributed by atoms with van der Waals surface area (Å²) in [6.45, 7) is 2.54. The van der Waals surface area contributed by atoms with Crippen molar-refractivity contribution in [3.8, 4) is 11.5 Å². The van der Waals surface area contributed by atoms with Gasteiger partial charge >= 0.3 is 5.97 Å². The minimum Gasteiger partial charge on any atom is -0.492 e. The number of amides is 1. The van der Waals surface area contributed by atoms with E-state index in [0.717, 1.165) is 5.56 Å². The molecule has 27 heavy (non-hydrogen) atoms. The number of fused-ring (bicyclic) bond motifs is 1. The van der Waals surface area contributed by atoms with Crippen molar-refractivity contribution < 1.29 is 23.8 Å². The van der Waals surface area contributed by atoms with Gasteiger partial charge in [-0.3, -0.25) is 4.79 Å². The van der Waals surface area contributed by atoms with Crippen LogP contribution in [0.1, 0.15) is 22.8 Å². The van der Waals surface area contributed by atoms with Crippen LogP contribution in [0.5, 0.6) is 11.5 Å². The molecule has 1 amide bonds. The van der Waals surface area contributed by atoms with Crippen molar-refractivity contribution in [3.05, 3.63) is 59.7 Å². The zero-order chi connectivity index (χ0) is 19.4. The number of rotatable bonds is 6. The Balaban J connectivity index is 1.49. The molecule has 0 spiro atoms. The first-order chi connectivity index (χ1) is 12.9. The van der Waals surface area contributed by atoms with E-state index in [9.17, 15) is 9.59 Å². The van der Waals surface area contributed by atoms with Crippen LogP contribution in [0, 0.1) is 0 Å². The van der Waals surface area contributed by atoms with E-state index in [-0.39, 0.29) is 5.91 Å². The van der Waals surface area contributed by atoms with Crippen LogP contribution in [-0.2, 0) is 13.9 Å². The molecule has 7 heteroatoms. The highest BCUT2D eigenvalue weighted by Gasteiger charge is 2.47. The zero-order valence-electron chi connectivity index (χ0n) is 15.0. The molecule has 1 heterocycles. The number of hydrogen-bond donors (Lipinski definition) is 1. The van der Waals surface area contributed by atoms with Crippen LogP contribution in [0.2, 0.25) is 0 Å². The van der Waals surface area contributed by atoms with Gasteiger partial charge in [0.2, 0.25) is 0 Å². The first kappa shape index (κ1) is 19.2. The van der Waals surface area contributed by atoms with Gasteiger partial charge in [0, 0.05) is 5.56 Å². The Labute approximate surface area is 165 Å². The third-order valence-corrected chi connectivity index (χ3v) is 5.18. The van der Waals surface area contributed by atoms with Gasteiger partial charge < -0.3 is 19.5 Å². The fraction of sp³-hybridized carbons (Fsp3) is 0.300. The van der Waals surface area contributed by atoms with Gasteiger partial charge in [-0.15, -0.1) is 0 Å². The molecule has 2 unspecified atom stereocenters. The molecular formula is C20H20BrNO5. The highest BCUT2D eigenvalue weighted by atomic mass is 79.9. The van der Waals surface area contributed by atoms with Gasteiger partial charge in [-0.1, -0.05) is 34.1 Å². The predicted octanol–water partition coefficient (Wildman–Crippen LogP) is 3.04. The Kier molecular flexibility index (Phi) is 5.70. The van der Waals surface area contributed by atoms with Crippen LogP contribution < -0.4 is 14.8 Å². The fourth-order valence-electron chi connectivity index (χ4n) is 2.89. The quantitative estimate of drug-likeness (QED) is 0.430. The maximum absolute atomic E-state index is 12.5. The Morgan fingerprint density at radius 3 is 2.56 bits per heavy atom. The molecule has 0 aromatic heterocycles. The molecule has 2 aromatic carbocycles. The molecule has 2 atom stereocenters. The molecule has 0 aliphatic carbocycles. The summed E-state index contributed by atoms with van der Waals surface area (Å²) in [4.78, 5) is 23.9.